The summed E-state index contributed by atoms with van der Waals surface area (Å²) in [5.74, 6) is -0.875. The van der Waals surface area contributed by atoms with Crippen molar-refractivity contribution >= 4 is 69.9 Å². The highest BCUT2D eigenvalue weighted by Gasteiger charge is 2.29. The summed E-state index contributed by atoms with van der Waals surface area (Å²) in [6, 6.07) is 9.02. The highest BCUT2D eigenvalue weighted by molar-refractivity contribution is 6.54. The lowest BCUT2D eigenvalue weighted by Gasteiger charge is -2.27. The third kappa shape index (κ3) is 8.82. The summed E-state index contributed by atoms with van der Waals surface area (Å²) in [5.41, 5.74) is 0.899. The van der Waals surface area contributed by atoms with Crippen molar-refractivity contribution in [1.82, 2.24) is 15.5 Å². The van der Waals surface area contributed by atoms with Crippen molar-refractivity contribution in [3.63, 3.8) is 0 Å². The van der Waals surface area contributed by atoms with Gasteiger partial charge in [0.15, 0.2) is 16.4 Å². The molecule has 0 bridgehead atoms. The van der Waals surface area contributed by atoms with Crippen LogP contribution in [0.3, 0.4) is 0 Å². The Hall–Kier alpha value is -2.85. The first kappa shape index (κ1) is 32.7. The second kappa shape index (κ2) is 13.9. The molecule has 3 rings (SSSR count). The Morgan fingerprint density at radius 3 is 2.29 bits per heavy atom. The molecular weight excluding hydrogens is 614 g/mol. The number of alkyl halides is 2. The van der Waals surface area contributed by atoms with Crippen molar-refractivity contribution in [2.75, 3.05) is 11.4 Å². The number of carbonyl (C=O) groups excluding carboxylic acids is 3. The van der Waals surface area contributed by atoms with Crippen LogP contribution in [-0.2, 0) is 14.3 Å². The fourth-order valence-corrected chi connectivity index (χ4v) is 4.72. The third-order valence-corrected chi connectivity index (χ3v) is 6.76. The zero-order valence-corrected chi connectivity index (χ0v) is 26.1. The maximum Gasteiger partial charge on any atom is 0.408 e. The maximum atomic E-state index is 13.2. The van der Waals surface area contributed by atoms with Gasteiger partial charge in [-0.05, 0) is 51.0 Å². The molecule has 1 aromatic carbocycles. The topological polar surface area (TPSA) is 115 Å². The number of halogens is 4. The molecule has 0 fully saturated rings. The van der Waals surface area contributed by atoms with Crippen LogP contribution >= 0.6 is 46.4 Å². The van der Waals surface area contributed by atoms with Gasteiger partial charge >= 0.3 is 6.09 Å². The van der Waals surface area contributed by atoms with Gasteiger partial charge in [-0.1, -0.05) is 71.5 Å². The molecule has 2 heterocycles. The molecule has 1 N–H and O–H groups in total. The average molecular weight is 644 g/mol. The monoisotopic (exact) mass is 642 g/mol. The first-order valence-corrected chi connectivity index (χ1v) is 14.3. The van der Waals surface area contributed by atoms with Gasteiger partial charge in [-0.2, -0.15) is 0 Å². The Bertz CT molecular complexity index is 1380. The Labute approximate surface area is 258 Å². The van der Waals surface area contributed by atoms with Crippen LogP contribution in [0.1, 0.15) is 41.0 Å². The largest absolute Gasteiger partial charge is 0.444 e. The van der Waals surface area contributed by atoms with E-state index in [-0.39, 0.29) is 30.4 Å². The summed E-state index contributed by atoms with van der Waals surface area (Å²) in [5, 5.41) is 7.49. The molecule has 2 aromatic heterocycles. The first-order valence-electron chi connectivity index (χ1n) is 12.7. The minimum atomic E-state index is -1.39. The standard InChI is InChI=1S/C28H30Cl4N4O5/c1-15(2)24(34-27(39)40-28(3,4)5)21(37)10-12-36(26(38)25(31)32)16-9-11-33-19(13-16)22-14-20(35-41-22)23-17(29)7-6-8-18(23)30/h6-9,11,13-15,24-25H,10,12H2,1-5H3,(H,34,39). The van der Waals surface area contributed by atoms with Crippen molar-refractivity contribution in [2.45, 2.75) is 57.5 Å². The maximum absolute atomic E-state index is 13.2. The molecule has 1 unspecified atom stereocenters. The number of pyridine rings is 1. The smallest absolute Gasteiger partial charge is 0.408 e. The molecule has 0 saturated carbocycles. The van der Waals surface area contributed by atoms with E-state index in [4.69, 9.17) is 55.7 Å². The van der Waals surface area contributed by atoms with Crippen LogP contribution in [0.25, 0.3) is 22.7 Å². The summed E-state index contributed by atoms with van der Waals surface area (Å²) in [7, 11) is 0. The van der Waals surface area contributed by atoms with Crippen LogP contribution in [-0.4, -0.2) is 50.9 Å². The van der Waals surface area contributed by atoms with Gasteiger partial charge in [0.25, 0.3) is 5.91 Å². The molecule has 0 saturated heterocycles. The fraction of sp³-hybridized carbons (Fsp3) is 0.393. The van der Waals surface area contributed by atoms with E-state index < -0.39 is 28.5 Å². The highest BCUT2D eigenvalue weighted by Crippen LogP contribution is 2.36. The van der Waals surface area contributed by atoms with Gasteiger partial charge in [0, 0.05) is 36.5 Å². The SMILES string of the molecule is CC(C)C(NC(=O)OC(C)(C)C)C(=O)CCN(C(=O)C(Cl)Cl)c1ccnc(-c2cc(-c3c(Cl)cccc3Cl)no2)c1. The number of ether oxygens (including phenoxy) is 1. The van der Waals surface area contributed by atoms with Crippen molar-refractivity contribution in [3.05, 3.63) is 52.6 Å². The lowest BCUT2D eigenvalue weighted by molar-refractivity contribution is -0.122. The molecule has 3 aromatic rings. The van der Waals surface area contributed by atoms with E-state index in [1.165, 1.54) is 11.1 Å². The summed E-state index contributed by atoms with van der Waals surface area (Å²) >= 11 is 24.5. The van der Waals surface area contributed by atoms with E-state index in [1.807, 2.05) is 0 Å². The van der Waals surface area contributed by atoms with Crippen molar-refractivity contribution in [1.29, 1.82) is 0 Å². The number of alkyl carbamates (subject to hydrolysis) is 1. The van der Waals surface area contributed by atoms with E-state index in [1.54, 1.807) is 71.0 Å². The van der Waals surface area contributed by atoms with Gasteiger partial charge in [0.2, 0.25) is 0 Å². The van der Waals surface area contributed by atoms with Crippen LogP contribution in [0.4, 0.5) is 10.5 Å². The second-order valence-electron chi connectivity index (χ2n) is 10.4. The molecule has 1 atom stereocenters. The minimum absolute atomic E-state index is 0.0623. The zero-order chi connectivity index (χ0) is 30.5. The zero-order valence-electron chi connectivity index (χ0n) is 23.1. The van der Waals surface area contributed by atoms with Gasteiger partial charge in [0.05, 0.1) is 16.1 Å². The number of rotatable bonds is 10. The van der Waals surface area contributed by atoms with E-state index >= 15 is 0 Å². The molecule has 41 heavy (non-hydrogen) atoms. The third-order valence-electron chi connectivity index (χ3n) is 5.76. The summed E-state index contributed by atoms with van der Waals surface area (Å²) < 4.78 is 10.8. The molecule has 0 aliphatic rings. The van der Waals surface area contributed by atoms with Crippen LogP contribution in [0.5, 0.6) is 0 Å². The van der Waals surface area contributed by atoms with Gasteiger partial charge in [-0.25, -0.2) is 4.79 Å². The van der Waals surface area contributed by atoms with Crippen LogP contribution in [0, 0.1) is 5.92 Å². The summed E-state index contributed by atoms with van der Waals surface area (Å²) in [6.45, 7) is 8.72. The van der Waals surface area contributed by atoms with Gasteiger partial charge in [-0.15, -0.1) is 0 Å². The van der Waals surface area contributed by atoms with E-state index in [0.29, 0.717) is 32.7 Å². The number of aromatic nitrogens is 2. The molecular formula is C28H30Cl4N4O5. The number of amides is 2. The second-order valence-corrected chi connectivity index (χ2v) is 12.4. The molecule has 9 nitrogen and oxygen atoms in total. The molecule has 220 valence electrons. The minimum Gasteiger partial charge on any atom is -0.444 e. The number of carbonyl (C=O) groups is 3. The summed E-state index contributed by atoms with van der Waals surface area (Å²) in [6.07, 6.45) is 0.665. The lowest BCUT2D eigenvalue weighted by Crippen LogP contribution is -2.47. The quantitative estimate of drug-likeness (QED) is 0.230. The number of nitrogens with one attached hydrogen (secondary N) is 1. The van der Waals surface area contributed by atoms with Crippen LogP contribution in [0.2, 0.25) is 10.0 Å². The van der Waals surface area contributed by atoms with E-state index in [9.17, 15) is 14.4 Å². The Balaban J connectivity index is 1.84. The van der Waals surface area contributed by atoms with Crippen molar-refractivity contribution in [3.8, 4) is 22.7 Å². The molecule has 0 aliphatic heterocycles. The highest BCUT2D eigenvalue weighted by atomic mass is 35.5. The number of ketones is 1. The number of hydrogen-bond donors (Lipinski definition) is 1. The molecule has 13 heteroatoms. The van der Waals surface area contributed by atoms with Gasteiger partial charge in [0.1, 0.15) is 17.0 Å². The number of anilines is 1. The van der Waals surface area contributed by atoms with Gasteiger partial charge in [-0.3, -0.25) is 14.6 Å². The average Bonchev–Trinajstić information content (AvgIpc) is 3.36. The Kier molecular flexibility index (Phi) is 11.1. The number of nitrogens with zero attached hydrogens (tertiary/aromatic N) is 3. The predicted molar refractivity (Wildman–Crippen MR) is 161 cm³/mol. The van der Waals surface area contributed by atoms with E-state index in [0.717, 1.165) is 0 Å². The molecule has 0 aliphatic carbocycles. The van der Waals surface area contributed by atoms with Crippen molar-refractivity contribution < 1.29 is 23.6 Å². The van der Waals surface area contributed by atoms with Crippen LogP contribution in [0.15, 0.2) is 47.1 Å². The number of benzene rings is 1. The van der Waals surface area contributed by atoms with Crippen LogP contribution < -0.4 is 10.2 Å². The van der Waals surface area contributed by atoms with E-state index in [2.05, 4.69) is 15.5 Å². The molecule has 0 spiro atoms. The first-order chi connectivity index (χ1) is 19.2. The number of Topliss-reactive ketones (excluding diaryl/α,β-unsaturated/α-hetero) is 1. The molecule has 2 amide bonds. The summed E-state index contributed by atoms with van der Waals surface area (Å²) in [4.78, 5) is 42.7. The normalized spacial score (nSPS) is 12.4. The number of hydrogen-bond acceptors (Lipinski definition) is 7. The fourth-order valence-electron chi connectivity index (χ4n) is 3.89. The van der Waals surface area contributed by atoms with Gasteiger partial charge < -0.3 is 19.5 Å². The molecule has 0 radical (unpaired) electrons. The predicted octanol–water partition coefficient (Wildman–Crippen LogP) is 7.36. The lowest BCUT2D eigenvalue weighted by atomic mass is 9.98. The Morgan fingerprint density at radius 2 is 1.71 bits per heavy atom. The Morgan fingerprint density at radius 1 is 1.05 bits per heavy atom. The van der Waals surface area contributed by atoms with Crippen molar-refractivity contribution in [2.24, 2.45) is 5.92 Å².